The molecule has 1 aromatic carbocycles. The number of aryl methyl sites for hydroxylation is 1. The van der Waals surface area contributed by atoms with Gasteiger partial charge in [0.1, 0.15) is 6.04 Å². The number of carboxylic acid groups (broad SMARTS) is 1. The van der Waals surface area contributed by atoms with Crippen LogP contribution in [-0.2, 0) is 16.0 Å². The van der Waals surface area contributed by atoms with Gasteiger partial charge in [-0.15, -0.1) is 11.8 Å². The molecule has 1 fully saturated rings. The Morgan fingerprint density at radius 3 is 2.75 bits per heavy atom. The van der Waals surface area contributed by atoms with Crippen molar-refractivity contribution in [3.05, 3.63) is 35.9 Å². The second-order valence-corrected chi connectivity index (χ2v) is 5.79. The van der Waals surface area contributed by atoms with Crippen LogP contribution >= 0.6 is 11.8 Å². The number of carboxylic acids is 1. The van der Waals surface area contributed by atoms with Crippen LogP contribution in [-0.4, -0.2) is 45.6 Å². The second kappa shape index (κ2) is 6.76. The van der Waals surface area contributed by atoms with Gasteiger partial charge in [0.2, 0.25) is 5.91 Å². The maximum absolute atomic E-state index is 12.2. The van der Waals surface area contributed by atoms with Crippen LogP contribution in [0.1, 0.15) is 12.0 Å². The van der Waals surface area contributed by atoms with Crippen LogP contribution in [0, 0.1) is 0 Å². The lowest BCUT2D eigenvalue weighted by atomic mass is 10.0. The molecule has 0 saturated carbocycles. The molecule has 1 saturated heterocycles. The Balaban J connectivity index is 1.90. The number of thioether (sulfide) groups is 1. The number of carbonyl (C=O) groups excluding carboxylic acids is 1. The Kier molecular flexibility index (Phi) is 5.03. The Hall–Kier alpha value is -1.53. The summed E-state index contributed by atoms with van der Waals surface area (Å²) in [6.45, 7) is 0. The highest BCUT2D eigenvalue weighted by Crippen LogP contribution is 2.22. The predicted octanol–water partition coefficient (Wildman–Crippen LogP) is 0.933. The molecule has 0 aliphatic carbocycles. The maximum Gasteiger partial charge on any atom is 0.327 e. The average Bonchev–Trinajstić information content (AvgIpc) is 2.94. The number of nitrogens with two attached hydrogens (primary N) is 1. The first-order chi connectivity index (χ1) is 9.59. The molecule has 1 heterocycles. The first kappa shape index (κ1) is 14.9. The third kappa shape index (κ3) is 3.52. The van der Waals surface area contributed by atoms with E-state index in [2.05, 4.69) is 0 Å². The van der Waals surface area contributed by atoms with E-state index in [4.69, 9.17) is 10.8 Å². The summed E-state index contributed by atoms with van der Waals surface area (Å²) in [6.07, 6.45) is 1.24. The van der Waals surface area contributed by atoms with E-state index >= 15 is 0 Å². The van der Waals surface area contributed by atoms with Gasteiger partial charge < -0.3 is 15.7 Å². The smallest absolute Gasteiger partial charge is 0.327 e. The number of aliphatic carboxylic acids is 1. The molecule has 1 amide bonds. The molecule has 1 aliphatic heterocycles. The van der Waals surface area contributed by atoms with Crippen molar-refractivity contribution in [1.82, 2.24) is 4.90 Å². The Morgan fingerprint density at radius 2 is 2.10 bits per heavy atom. The molecule has 3 N–H and O–H groups in total. The van der Waals surface area contributed by atoms with Crippen LogP contribution in [0.5, 0.6) is 0 Å². The van der Waals surface area contributed by atoms with E-state index in [1.807, 2.05) is 30.3 Å². The van der Waals surface area contributed by atoms with E-state index in [0.29, 0.717) is 24.5 Å². The van der Waals surface area contributed by atoms with Crippen LogP contribution in [0.4, 0.5) is 0 Å². The summed E-state index contributed by atoms with van der Waals surface area (Å²) in [5.74, 6) is -0.377. The van der Waals surface area contributed by atoms with Crippen LogP contribution in [0.15, 0.2) is 30.3 Å². The van der Waals surface area contributed by atoms with E-state index in [0.717, 1.165) is 5.56 Å². The van der Waals surface area contributed by atoms with Crippen molar-refractivity contribution < 1.29 is 14.7 Å². The van der Waals surface area contributed by atoms with Crippen molar-refractivity contribution >= 4 is 23.6 Å². The Morgan fingerprint density at radius 1 is 1.40 bits per heavy atom. The number of hydrogen-bond donors (Lipinski definition) is 2. The van der Waals surface area contributed by atoms with Gasteiger partial charge in [-0.25, -0.2) is 4.79 Å². The minimum Gasteiger partial charge on any atom is -0.480 e. The average molecular weight is 294 g/mol. The number of rotatable bonds is 5. The highest BCUT2D eigenvalue weighted by molar-refractivity contribution is 7.99. The lowest BCUT2D eigenvalue weighted by molar-refractivity contribution is -0.148. The number of carbonyl (C=O) groups is 2. The van der Waals surface area contributed by atoms with Gasteiger partial charge >= 0.3 is 5.97 Å². The van der Waals surface area contributed by atoms with Crippen molar-refractivity contribution in [1.29, 1.82) is 0 Å². The number of nitrogens with zero attached hydrogens (tertiary/aromatic N) is 1. The van der Waals surface area contributed by atoms with Crippen molar-refractivity contribution in [2.75, 3.05) is 11.6 Å². The summed E-state index contributed by atoms with van der Waals surface area (Å²) in [7, 11) is 0. The van der Waals surface area contributed by atoms with Crippen LogP contribution in [0.25, 0.3) is 0 Å². The van der Waals surface area contributed by atoms with E-state index in [9.17, 15) is 9.59 Å². The molecule has 2 rings (SSSR count). The van der Waals surface area contributed by atoms with E-state index in [1.165, 1.54) is 16.7 Å². The molecule has 2 atom stereocenters. The molecular weight excluding hydrogens is 276 g/mol. The molecule has 0 radical (unpaired) electrons. The molecule has 0 unspecified atom stereocenters. The molecule has 1 aromatic rings. The topological polar surface area (TPSA) is 83.6 Å². The van der Waals surface area contributed by atoms with Crippen LogP contribution in [0.2, 0.25) is 0 Å². The highest BCUT2D eigenvalue weighted by Gasteiger charge is 2.36. The van der Waals surface area contributed by atoms with Crippen molar-refractivity contribution in [3.63, 3.8) is 0 Å². The normalized spacial score (nSPS) is 19.9. The number of hydrogen-bond acceptors (Lipinski definition) is 4. The Bertz CT molecular complexity index is 481. The molecule has 1 aliphatic rings. The van der Waals surface area contributed by atoms with E-state index in [-0.39, 0.29) is 5.91 Å². The monoisotopic (exact) mass is 294 g/mol. The summed E-state index contributed by atoms with van der Waals surface area (Å²) in [5.41, 5.74) is 7.04. The van der Waals surface area contributed by atoms with Crippen molar-refractivity contribution in [2.45, 2.75) is 24.9 Å². The molecule has 0 spiro atoms. The summed E-state index contributed by atoms with van der Waals surface area (Å²) < 4.78 is 0. The number of benzene rings is 1. The molecule has 0 aromatic heterocycles. The minimum absolute atomic E-state index is 0.265. The lowest BCUT2D eigenvalue weighted by Crippen LogP contribution is -2.49. The summed E-state index contributed by atoms with van der Waals surface area (Å²) in [6, 6.07) is 8.42. The zero-order chi connectivity index (χ0) is 14.5. The quantitative estimate of drug-likeness (QED) is 0.844. The van der Waals surface area contributed by atoms with Gasteiger partial charge in [0.05, 0.1) is 11.9 Å². The predicted molar refractivity (Wildman–Crippen MR) is 78.3 cm³/mol. The van der Waals surface area contributed by atoms with Crippen LogP contribution < -0.4 is 5.73 Å². The third-order valence-electron chi connectivity index (χ3n) is 3.35. The van der Waals surface area contributed by atoms with Crippen molar-refractivity contribution in [2.24, 2.45) is 5.73 Å². The standard InChI is InChI=1S/C14H18N2O3S/c15-11(7-6-10-4-2-1-3-5-10)13(17)16-9-20-8-12(16)14(18)19/h1-5,11-12H,6-9,15H2,(H,18,19)/t11-,12-/m0/s1. The summed E-state index contributed by atoms with van der Waals surface area (Å²) in [4.78, 5) is 24.7. The largest absolute Gasteiger partial charge is 0.480 e. The fourth-order valence-corrected chi connectivity index (χ4v) is 3.32. The van der Waals surface area contributed by atoms with Crippen LogP contribution in [0.3, 0.4) is 0 Å². The van der Waals surface area contributed by atoms with Gasteiger partial charge in [-0.2, -0.15) is 0 Å². The Labute approximate surface area is 122 Å². The van der Waals surface area contributed by atoms with Gasteiger partial charge in [0.15, 0.2) is 0 Å². The molecular formula is C14H18N2O3S. The SMILES string of the molecule is N[C@@H](CCc1ccccc1)C(=O)N1CSC[C@H]1C(=O)O. The van der Waals surface area contributed by atoms with Gasteiger partial charge in [-0.05, 0) is 18.4 Å². The summed E-state index contributed by atoms with van der Waals surface area (Å²) in [5, 5.41) is 9.07. The molecule has 5 nitrogen and oxygen atoms in total. The maximum atomic E-state index is 12.2. The van der Waals surface area contributed by atoms with Gasteiger partial charge in [-0.3, -0.25) is 4.79 Å². The van der Waals surface area contributed by atoms with E-state index < -0.39 is 18.1 Å². The van der Waals surface area contributed by atoms with Crippen molar-refractivity contribution in [3.8, 4) is 0 Å². The first-order valence-corrected chi connectivity index (χ1v) is 7.65. The molecule has 20 heavy (non-hydrogen) atoms. The first-order valence-electron chi connectivity index (χ1n) is 6.50. The molecule has 108 valence electrons. The van der Waals surface area contributed by atoms with E-state index in [1.54, 1.807) is 0 Å². The van der Waals surface area contributed by atoms with Gasteiger partial charge in [0.25, 0.3) is 0 Å². The lowest BCUT2D eigenvalue weighted by Gasteiger charge is -2.23. The third-order valence-corrected chi connectivity index (χ3v) is 4.37. The fourth-order valence-electron chi connectivity index (χ4n) is 2.17. The summed E-state index contributed by atoms with van der Waals surface area (Å²) >= 11 is 1.45. The van der Waals surface area contributed by atoms with Gasteiger partial charge in [-0.1, -0.05) is 30.3 Å². The second-order valence-electron chi connectivity index (χ2n) is 4.79. The zero-order valence-corrected chi connectivity index (χ0v) is 11.9. The fraction of sp³-hybridized carbons (Fsp3) is 0.429. The zero-order valence-electron chi connectivity index (χ0n) is 11.1. The molecule has 6 heteroatoms. The minimum atomic E-state index is -0.960. The number of amides is 1. The molecule has 0 bridgehead atoms. The highest BCUT2D eigenvalue weighted by atomic mass is 32.2. The van der Waals surface area contributed by atoms with Gasteiger partial charge in [0, 0.05) is 5.75 Å².